The lowest BCUT2D eigenvalue weighted by Gasteiger charge is -2.43. The highest BCUT2D eigenvalue weighted by molar-refractivity contribution is 6.94. The number of nitrogens with two attached hydrogens (primary N) is 2. The molecular weight excluding hydrogens is 845 g/mol. The Bertz CT molecular complexity index is 1490. The highest BCUT2D eigenvalue weighted by atomic mass is 28.5. The second-order valence-electron chi connectivity index (χ2n) is 18.1. The lowest BCUT2D eigenvalue weighted by molar-refractivity contribution is 0.0330. The van der Waals surface area contributed by atoms with E-state index < -0.39 is 56.0 Å². The molecular formula is C42H84N4O9Si5. The van der Waals surface area contributed by atoms with Gasteiger partial charge in [0.15, 0.2) is 26.4 Å². The summed E-state index contributed by atoms with van der Waals surface area (Å²) in [6, 6.07) is 14.2. The molecule has 2 aromatic carbocycles. The maximum Gasteiger partial charge on any atom is 0.506 e. The third kappa shape index (κ3) is 21.4. The van der Waals surface area contributed by atoms with E-state index in [1.54, 1.807) is 0 Å². The highest BCUT2D eigenvalue weighted by Crippen LogP contribution is 2.31. The monoisotopic (exact) mass is 929 g/mol. The van der Waals surface area contributed by atoms with Crippen LogP contribution in [0.2, 0.25) is 57.9 Å². The smallest absolute Gasteiger partial charge is 0.437 e. The molecule has 0 saturated heterocycles. The van der Waals surface area contributed by atoms with Gasteiger partial charge in [0.25, 0.3) is 0 Å². The van der Waals surface area contributed by atoms with Crippen LogP contribution in [0.25, 0.3) is 0 Å². The summed E-state index contributed by atoms with van der Waals surface area (Å²) in [4.78, 5) is 0. The predicted molar refractivity (Wildman–Crippen MR) is 260 cm³/mol. The summed E-state index contributed by atoms with van der Waals surface area (Å²) in [6.07, 6.45) is 2.10. The van der Waals surface area contributed by atoms with Crippen LogP contribution in [-0.4, -0.2) is 131 Å². The number of hydrogen-bond donors (Lipinski definition) is 6. The standard InChI is InChI=1S/C42H84N4O9Si5/c1-13-36-26-37(14-2)42(35(5)41(36)44)46-28-39(48)32-50-23-19-25-58(9,10)54-60(40-20-16-15-17-21-40,55-59(11,12)53-57(6,7)8)52-56-24-18-22-49-31-38(47)27-45-34(4)30-51-29-33(3)43/h15-17,20-21,26,33-34,38-39,45-48H,13-14,18-19,22-25,27-32,43-44,56H2,1-12H3. The van der Waals surface area contributed by atoms with Gasteiger partial charge in [-0.3, -0.25) is 0 Å². The predicted octanol–water partition coefficient (Wildman–Crippen LogP) is 5.15. The number of hydrogen-bond acceptors (Lipinski definition) is 13. The first kappa shape index (κ1) is 54.8. The van der Waals surface area contributed by atoms with Crippen LogP contribution in [0.1, 0.15) is 57.2 Å². The molecule has 0 amide bonds. The minimum Gasteiger partial charge on any atom is -0.437 e. The summed E-state index contributed by atoms with van der Waals surface area (Å²) in [6.45, 7) is 28.8. The molecule has 13 nitrogen and oxygen atoms in total. The van der Waals surface area contributed by atoms with Gasteiger partial charge in [0.05, 0.1) is 38.6 Å². The summed E-state index contributed by atoms with van der Waals surface area (Å²) >= 11 is 0. The fraction of sp³-hybridized carbons (Fsp3) is 0.714. The second-order valence-corrected chi connectivity index (χ2v) is 35.6. The molecule has 346 valence electrons. The Morgan fingerprint density at radius 2 is 1.38 bits per heavy atom. The molecule has 0 radical (unpaired) electrons. The van der Waals surface area contributed by atoms with Gasteiger partial charge in [-0.05, 0) is 121 Å². The van der Waals surface area contributed by atoms with Crippen molar-refractivity contribution in [2.24, 2.45) is 5.73 Å². The van der Waals surface area contributed by atoms with Gasteiger partial charge in [-0.1, -0.05) is 50.2 Å². The first-order valence-electron chi connectivity index (χ1n) is 22.2. The Morgan fingerprint density at radius 1 is 0.767 bits per heavy atom. The number of benzene rings is 2. The summed E-state index contributed by atoms with van der Waals surface area (Å²) in [5.41, 5.74) is 17.4. The number of anilines is 2. The second kappa shape index (κ2) is 27.1. The van der Waals surface area contributed by atoms with Crippen LogP contribution >= 0.6 is 0 Å². The largest absolute Gasteiger partial charge is 0.506 e. The summed E-state index contributed by atoms with van der Waals surface area (Å²) < 4.78 is 45.7. The van der Waals surface area contributed by atoms with Gasteiger partial charge in [0.2, 0.25) is 0 Å². The van der Waals surface area contributed by atoms with E-state index in [1.165, 1.54) is 5.56 Å². The number of rotatable bonds is 33. The number of aliphatic hydroxyl groups excluding tert-OH is 2. The SMILES string of the molecule is CCc1cc(CC)c(NCC(O)COCCC[Si](C)(C)O[Si](O[SiH2]CCCOCC(O)CNC(C)COCC(C)N)(O[Si](C)(C)O[Si](C)(C)C)c2ccccc2)c(C)c1N. The molecule has 0 saturated carbocycles. The number of aryl methyl sites for hydroxylation is 2. The Hall–Kier alpha value is -1.32. The van der Waals surface area contributed by atoms with Gasteiger partial charge in [-0.2, -0.15) is 0 Å². The number of nitrogen functional groups attached to an aromatic ring is 1. The molecule has 2 rings (SSSR count). The van der Waals surface area contributed by atoms with Gasteiger partial charge < -0.3 is 63.0 Å². The van der Waals surface area contributed by atoms with Crippen molar-refractivity contribution in [3.63, 3.8) is 0 Å². The topological polar surface area (TPSA) is 181 Å². The van der Waals surface area contributed by atoms with Crippen molar-refractivity contribution in [1.29, 1.82) is 0 Å². The zero-order valence-corrected chi connectivity index (χ0v) is 44.7. The molecule has 0 spiro atoms. The molecule has 0 bridgehead atoms. The number of ether oxygens (including phenoxy) is 3. The number of aliphatic hydroxyl groups is 2. The average molecular weight is 930 g/mol. The van der Waals surface area contributed by atoms with Gasteiger partial charge in [-0.25, -0.2) is 0 Å². The van der Waals surface area contributed by atoms with E-state index in [0.29, 0.717) is 39.5 Å². The van der Waals surface area contributed by atoms with Crippen LogP contribution in [-0.2, 0) is 43.5 Å². The third-order valence-corrected chi connectivity index (χ3v) is 26.1. The maximum absolute atomic E-state index is 10.8. The van der Waals surface area contributed by atoms with Crippen LogP contribution < -0.4 is 27.3 Å². The first-order chi connectivity index (χ1) is 28.1. The van der Waals surface area contributed by atoms with Gasteiger partial charge in [0, 0.05) is 54.9 Å². The summed E-state index contributed by atoms with van der Waals surface area (Å²) in [7, 11) is -11.6. The van der Waals surface area contributed by atoms with Crippen molar-refractivity contribution < 1.29 is 40.9 Å². The minimum absolute atomic E-state index is 0.000941. The molecule has 8 N–H and O–H groups in total. The van der Waals surface area contributed by atoms with E-state index in [1.807, 2.05) is 39.0 Å². The average Bonchev–Trinajstić information content (AvgIpc) is 3.15. The summed E-state index contributed by atoms with van der Waals surface area (Å²) in [5.74, 6) is 0. The molecule has 60 heavy (non-hydrogen) atoms. The molecule has 0 heterocycles. The minimum atomic E-state index is -3.44. The van der Waals surface area contributed by atoms with Crippen LogP contribution in [0.5, 0.6) is 0 Å². The Morgan fingerprint density at radius 3 is 1.98 bits per heavy atom. The van der Waals surface area contributed by atoms with Crippen molar-refractivity contribution >= 4 is 60.3 Å². The van der Waals surface area contributed by atoms with E-state index in [9.17, 15) is 10.2 Å². The van der Waals surface area contributed by atoms with Crippen molar-refractivity contribution in [3.05, 3.63) is 53.1 Å². The van der Waals surface area contributed by atoms with Crippen LogP contribution in [0, 0.1) is 6.92 Å². The van der Waals surface area contributed by atoms with E-state index >= 15 is 0 Å². The van der Waals surface area contributed by atoms with Crippen LogP contribution in [0.3, 0.4) is 0 Å². The zero-order valence-electron chi connectivity index (χ0n) is 39.3. The van der Waals surface area contributed by atoms with E-state index in [2.05, 4.69) is 88.5 Å². The van der Waals surface area contributed by atoms with Crippen molar-refractivity contribution in [2.45, 2.75) is 143 Å². The Labute approximate surface area is 370 Å². The van der Waals surface area contributed by atoms with Crippen molar-refractivity contribution in [2.75, 3.05) is 63.8 Å². The Balaban J connectivity index is 2.01. The fourth-order valence-electron chi connectivity index (χ4n) is 6.93. The maximum atomic E-state index is 10.8. The van der Waals surface area contributed by atoms with Crippen LogP contribution in [0.15, 0.2) is 36.4 Å². The fourth-order valence-corrected chi connectivity index (χ4v) is 26.6. The zero-order chi connectivity index (χ0) is 45.0. The molecule has 5 unspecified atom stereocenters. The molecule has 0 aliphatic rings. The van der Waals surface area contributed by atoms with E-state index in [-0.39, 0.29) is 25.3 Å². The highest BCUT2D eigenvalue weighted by Gasteiger charge is 2.52. The summed E-state index contributed by atoms with van der Waals surface area (Å²) in [5, 5.41) is 29.0. The first-order valence-corrected chi connectivity index (χ1v) is 34.8. The van der Waals surface area contributed by atoms with Gasteiger partial charge in [-0.15, -0.1) is 0 Å². The quantitative estimate of drug-likeness (QED) is 0.0315. The van der Waals surface area contributed by atoms with E-state index in [4.69, 9.17) is 42.1 Å². The van der Waals surface area contributed by atoms with Gasteiger partial charge in [0.1, 0.15) is 0 Å². The molecule has 2 aromatic rings. The third-order valence-electron chi connectivity index (χ3n) is 9.65. The normalized spacial score (nSPS) is 15.9. The molecule has 0 aliphatic heterocycles. The molecule has 0 aromatic heterocycles. The lowest BCUT2D eigenvalue weighted by atomic mass is 9.97. The van der Waals surface area contributed by atoms with Crippen LogP contribution in [0.4, 0.5) is 11.4 Å². The molecule has 0 fully saturated rings. The molecule has 5 atom stereocenters. The molecule has 0 aliphatic carbocycles. The lowest BCUT2D eigenvalue weighted by Crippen LogP contribution is -2.67. The van der Waals surface area contributed by atoms with Crippen molar-refractivity contribution in [1.82, 2.24) is 5.32 Å². The molecule has 18 heteroatoms. The number of nitrogens with one attached hydrogen (secondary N) is 2. The van der Waals surface area contributed by atoms with Crippen molar-refractivity contribution in [3.8, 4) is 0 Å². The Kier molecular flexibility index (Phi) is 24.8. The van der Waals surface area contributed by atoms with Gasteiger partial charge >= 0.3 is 17.4 Å². The van der Waals surface area contributed by atoms with E-state index in [0.717, 1.165) is 65.5 Å².